The van der Waals surface area contributed by atoms with Crippen molar-refractivity contribution < 1.29 is 25.9 Å². The van der Waals surface area contributed by atoms with Gasteiger partial charge < -0.3 is 11.5 Å². The first-order chi connectivity index (χ1) is 11.0. The third-order valence-corrected chi connectivity index (χ3v) is 4.65. The van der Waals surface area contributed by atoms with Crippen LogP contribution in [0.25, 0.3) is 11.1 Å². The second-order valence-corrected chi connectivity index (χ2v) is 8.14. The summed E-state index contributed by atoms with van der Waals surface area (Å²) in [5.74, 6) is -1.71. The van der Waals surface area contributed by atoms with E-state index in [1.807, 2.05) is 0 Å². The number of nitrogens with two attached hydrogens (primary N) is 2. The van der Waals surface area contributed by atoms with E-state index in [0.717, 1.165) is 0 Å². The van der Waals surface area contributed by atoms with Gasteiger partial charge in [0.05, 0.1) is 0 Å². The van der Waals surface area contributed by atoms with Crippen LogP contribution in [0.5, 0.6) is 0 Å². The molecule has 0 aliphatic rings. The molecule has 0 atom stereocenters. The minimum Gasteiger partial charge on any atom is -0.399 e. The molecular weight excluding hydrogens is 356 g/mol. The topological polar surface area (TPSA) is 161 Å². The Bertz CT molecular complexity index is 967. The summed E-state index contributed by atoms with van der Waals surface area (Å²) in [5, 5.41) is 0. The lowest BCUT2D eigenvalue weighted by Crippen LogP contribution is -2.12. The molecule has 0 radical (unpaired) electrons. The van der Waals surface area contributed by atoms with Crippen molar-refractivity contribution in [2.45, 2.75) is 11.5 Å². The fraction of sp³-hybridized carbons (Fsp3) is 0.143. The number of hydrogen-bond donors (Lipinski definition) is 4. The molecular formula is C14H16N2O6S2. The molecule has 0 unspecified atom stereocenters. The monoisotopic (exact) mass is 372 g/mol. The maximum Gasteiger partial charge on any atom is 0.269 e. The van der Waals surface area contributed by atoms with Crippen molar-refractivity contribution in [2.75, 3.05) is 11.5 Å². The molecule has 2 rings (SSSR count). The van der Waals surface area contributed by atoms with Crippen molar-refractivity contribution in [1.82, 2.24) is 0 Å². The number of nitrogen functional groups attached to an aromatic ring is 2. The molecule has 0 saturated carbocycles. The van der Waals surface area contributed by atoms with Crippen molar-refractivity contribution in [2.24, 2.45) is 0 Å². The van der Waals surface area contributed by atoms with Gasteiger partial charge in [0.1, 0.15) is 11.5 Å². The number of anilines is 2. The lowest BCUT2D eigenvalue weighted by molar-refractivity contribution is 0.477. The Morgan fingerprint density at radius 3 is 1.75 bits per heavy atom. The van der Waals surface area contributed by atoms with E-state index in [2.05, 4.69) is 0 Å². The third-order valence-electron chi connectivity index (χ3n) is 3.34. The van der Waals surface area contributed by atoms with Gasteiger partial charge in [0.2, 0.25) is 0 Å². The van der Waals surface area contributed by atoms with Gasteiger partial charge in [-0.1, -0.05) is 18.2 Å². The quantitative estimate of drug-likeness (QED) is 0.451. The molecule has 2 aromatic carbocycles. The first kappa shape index (κ1) is 18.2. The van der Waals surface area contributed by atoms with E-state index in [4.69, 9.17) is 16.0 Å². The molecule has 0 fully saturated rings. The molecule has 6 N–H and O–H groups in total. The summed E-state index contributed by atoms with van der Waals surface area (Å²) in [6.45, 7) is 0. The average Bonchev–Trinajstić information content (AvgIpc) is 2.42. The fourth-order valence-electron chi connectivity index (χ4n) is 2.34. The van der Waals surface area contributed by atoms with Crippen molar-refractivity contribution in [3.05, 3.63) is 47.5 Å². The Balaban J connectivity index is 2.74. The zero-order chi connectivity index (χ0) is 18.1. The number of rotatable bonds is 5. The largest absolute Gasteiger partial charge is 0.399 e. The van der Waals surface area contributed by atoms with Gasteiger partial charge in [-0.25, -0.2) is 0 Å². The van der Waals surface area contributed by atoms with E-state index < -0.39 is 31.7 Å². The van der Waals surface area contributed by atoms with Crippen LogP contribution in [0.1, 0.15) is 11.1 Å². The highest BCUT2D eigenvalue weighted by Crippen LogP contribution is 2.32. The van der Waals surface area contributed by atoms with Gasteiger partial charge >= 0.3 is 0 Å². The summed E-state index contributed by atoms with van der Waals surface area (Å²) in [6.07, 6.45) is 0. The minimum atomic E-state index is -4.47. The smallest absolute Gasteiger partial charge is 0.269 e. The van der Waals surface area contributed by atoms with Crippen molar-refractivity contribution in [1.29, 1.82) is 0 Å². The summed E-state index contributed by atoms with van der Waals surface area (Å²) < 4.78 is 63.5. The predicted molar refractivity (Wildman–Crippen MR) is 91.2 cm³/mol. The van der Waals surface area contributed by atoms with Crippen LogP contribution in [0.2, 0.25) is 0 Å². The second kappa shape index (κ2) is 6.40. The maximum atomic E-state index is 11.4. The lowest BCUT2D eigenvalue weighted by atomic mass is 9.95. The van der Waals surface area contributed by atoms with Crippen LogP contribution in [0.3, 0.4) is 0 Å². The van der Waals surface area contributed by atoms with Crippen LogP contribution in [0, 0.1) is 0 Å². The van der Waals surface area contributed by atoms with Crippen LogP contribution in [-0.4, -0.2) is 25.9 Å². The zero-order valence-electron chi connectivity index (χ0n) is 12.4. The van der Waals surface area contributed by atoms with E-state index in [9.17, 15) is 21.4 Å². The Kier molecular flexibility index (Phi) is 4.85. The van der Waals surface area contributed by atoms with Crippen molar-refractivity contribution in [3.63, 3.8) is 0 Å². The molecule has 0 spiro atoms. The zero-order valence-corrected chi connectivity index (χ0v) is 14.0. The van der Waals surface area contributed by atoms with E-state index in [1.54, 1.807) is 24.3 Å². The van der Waals surface area contributed by atoms with Crippen LogP contribution >= 0.6 is 0 Å². The van der Waals surface area contributed by atoms with E-state index >= 15 is 0 Å². The third kappa shape index (κ3) is 4.68. The fourth-order valence-corrected chi connectivity index (χ4v) is 3.74. The van der Waals surface area contributed by atoms with Gasteiger partial charge in [0.25, 0.3) is 20.2 Å². The van der Waals surface area contributed by atoms with E-state index in [0.29, 0.717) is 16.8 Å². The minimum absolute atomic E-state index is 0.0000959. The Hall–Kier alpha value is -2.14. The summed E-state index contributed by atoms with van der Waals surface area (Å²) in [5.41, 5.74) is 12.7. The van der Waals surface area contributed by atoms with Crippen molar-refractivity contribution in [3.8, 4) is 11.1 Å². The molecule has 0 saturated heterocycles. The second-order valence-electron chi connectivity index (χ2n) is 5.23. The molecule has 0 aromatic heterocycles. The number of hydrogen-bond acceptors (Lipinski definition) is 6. The van der Waals surface area contributed by atoms with Gasteiger partial charge in [-0.05, 0) is 40.5 Å². The lowest BCUT2D eigenvalue weighted by Gasteiger charge is -2.16. The highest BCUT2D eigenvalue weighted by atomic mass is 32.2. The van der Waals surface area contributed by atoms with Crippen molar-refractivity contribution >= 4 is 31.6 Å². The molecule has 10 heteroatoms. The van der Waals surface area contributed by atoms with E-state index in [1.165, 1.54) is 12.1 Å². The Labute approximate surface area is 139 Å². The summed E-state index contributed by atoms with van der Waals surface area (Å²) in [4.78, 5) is 0. The van der Waals surface area contributed by atoms with Gasteiger partial charge in [0.15, 0.2) is 0 Å². The SMILES string of the molecule is Nc1ccc(-c2ccc(N)c(CS(=O)(=O)O)c2CS(=O)(=O)O)cc1. The van der Waals surface area contributed by atoms with Gasteiger partial charge in [-0.2, -0.15) is 16.8 Å². The van der Waals surface area contributed by atoms with Crippen LogP contribution < -0.4 is 11.5 Å². The molecule has 2 aromatic rings. The molecule has 24 heavy (non-hydrogen) atoms. The first-order valence-corrected chi connectivity index (χ1v) is 9.84. The molecule has 0 heterocycles. The number of benzene rings is 2. The van der Waals surface area contributed by atoms with E-state index in [-0.39, 0.29) is 16.8 Å². The summed E-state index contributed by atoms with van der Waals surface area (Å²) >= 11 is 0. The molecule has 130 valence electrons. The molecule has 8 nitrogen and oxygen atoms in total. The first-order valence-electron chi connectivity index (χ1n) is 6.63. The average molecular weight is 372 g/mol. The Morgan fingerprint density at radius 2 is 1.25 bits per heavy atom. The molecule has 0 amide bonds. The predicted octanol–water partition coefficient (Wildman–Crippen LogP) is 1.29. The summed E-state index contributed by atoms with van der Waals surface area (Å²) in [7, 11) is -8.93. The molecule has 0 aliphatic heterocycles. The molecule has 0 aliphatic carbocycles. The molecule has 0 bridgehead atoms. The van der Waals surface area contributed by atoms with Gasteiger partial charge in [-0.15, -0.1) is 0 Å². The summed E-state index contributed by atoms with van der Waals surface area (Å²) in [6, 6.07) is 9.32. The van der Waals surface area contributed by atoms with Gasteiger partial charge in [0, 0.05) is 11.4 Å². The van der Waals surface area contributed by atoms with Crippen LogP contribution in [-0.2, 0) is 31.7 Å². The highest BCUT2D eigenvalue weighted by molar-refractivity contribution is 7.85. The highest BCUT2D eigenvalue weighted by Gasteiger charge is 2.22. The maximum absolute atomic E-state index is 11.4. The standard InChI is InChI=1S/C14H16N2O6S2/c15-10-3-1-9(2-4-10)11-5-6-14(16)13(8-24(20,21)22)12(11)7-23(17,18)19/h1-6H,7-8,15-16H2,(H,17,18,19)(H,20,21,22). The van der Waals surface area contributed by atoms with Crippen LogP contribution in [0.15, 0.2) is 36.4 Å². The normalized spacial score (nSPS) is 12.2. The van der Waals surface area contributed by atoms with Gasteiger partial charge in [-0.3, -0.25) is 9.11 Å². The Morgan fingerprint density at radius 1 is 0.750 bits per heavy atom. The van der Waals surface area contributed by atoms with Crippen LogP contribution in [0.4, 0.5) is 11.4 Å².